The van der Waals surface area contributed by atoms with Crippen LogP contribution in [0.15, 0.2) is 18.2 Å². The molecule has 1 fully saturated rings. The normalized spacial score (nSPS) is 22.6. The van der Waals surface area contributed by atoms with Gasteiger partial charge in [0.1, 0.15) is 0 Å². The van der Waals surface area contributed by atoms with Crippen LogP contribution in [0.3, 0.4) is 0 Å². The van der Waals surface area contributed by atoms with Crippen molar-refractivity contribution in [1.82, 2.24) is 0 Å². The summed E-state index contributed by atoms with van der Waals surface area (Å²) < 4.78 is 0. The molecule has 0 N–H and O–H groups in total. The van der Waals surface area contributed by atoms with Crippen LogP contribution < -0.4 is 0 Å². The summed E-state index contributed by atoms with van der Waals surface area (Å²) in [7, 11) is 0. The molecule has 2 aliphatic carbocycles. The lowest BCUT2D eigenvalue weighted by molar-refractivity contribution is 0.265. The quantitative estimate of drug-likeness (QED) is 0.424. The van der Waals surface area contributed by atoms with E-state index in [0.717, 1.165) is 5.92 Å². The molecule has 0 aromatic heterocycles. The fraction of sp³-hybridized carbons (Fsp3) is 0.760. The smallest absolute Gasteiger partial charge is 0.00469 e. The highest BCUT2D eigenvalue weighted by Gasteiger charge is 2.34. The van der Waals surface area contributed by atoms with Gasteiger partial charge in [-0.3, -0.25) is 0 Å². The van der Waals surface area contributed by atoms with Crippen LogP contribution in [0.4, 0.5) is 0 Å². The van der Waals surface area contributed by atoms with Crippen LogP contribution in [0, 0.1) is 5.92 Å². The summed E-state index contributed by atoms with van der Waals surface area (Å²) in [6, 6.07) is 7.72. The molecule has 1 aromatic rings. The van der Waals surface area contributed by atoms with E-state index in [-0.39, 0.29) is 0 Å². The molecule has 25 heavy (non-hydrogen) atoms. The number of aryl methyl sites for hydroxylation is 1. The van der Waals surface area contributed by atoms with Crippen molar-refractivity contribution in [2.75, 3.05) is 0 Å². The zero-order valence-corrected chi connectivity index (χ0v) is 16.9. The Morgan fingerprint density at radius 2 is 1.76 bits per heavy atom. The predicted octanol–water partition coefficient (Wildman–Crippen LogP) is 7.76. The number of hydrogen-bond acceptors (Lipinski definition) is 0. The first-order valence-corrected chi connectivity index (χ1v) is 11.4. The Morgan fingerprint density at radius 1 is 0.920 bits per heavy atom. The van der Waals surface area contributed by atoms with E-state index in [2.05, 4.69) is 32.0 Å². The molecular weight excluding hydrogens is 300 g/mol. The lowest BCUT2D eigenvalue weighted by Crippen LogP contribution is -2.29. The van der Waals surface area contributed by atoms with Gasteiger partial charge in [-0.05, 0) is 66.5 Å². The first-order valence-electron chi connectivity index (χ1n) is 11.4. The van der Waals surface area contributed by atoms with Gasteiger partial charge in [0.25, 0.3) is 0 Å². The third kappa shape index (κ3) is 4.69. The Bertz CT molecular complexity index is 521. The summed E-state index contributed by atoms with van der Waals surface area (Å²) >= 11 is 0. The van der Waals surface area contributed by atoms with Gasteiger partial charge in [-0.25, -0.2) is 0 Å². The molecule has 0 amide bonds. The molecule has 0 heterocycles. The SMILES string of the molecule is CCCCCCC1(c2ccc3c(c2)CCC(CCC)C3)CCCCC1. The van der Waals surface area contributed by atoms with E-state index in [1.165, 1.54) is 96.3 Å². The fourth-order valence-corrected chi connectivity index (χ4v) is 5.62. The van der Waals surface area contributed by atoms with Crippen LogP contribution in [0.1, 0.15) is 114 Å². The van der Waals surface area contributed by atoms with Crippen LogP contribution in [-0.2, 0) is 18.3 Å². The van der Waals surface area contributed by atoms with E-state index in [9.17, 15) is 0 Å². The second-order valence-electron chi connectivity index (χ2n) is 9.03. The average molecular weight is 341 g/mol. The zero-order chi connectivity index (χ0) is 17.5. The maximum absolute atomic E-state index is 2.66. The Balaban J connectivity index is 1.75. The van der Waals surface area contributed by atoms with Crippen LogP contribution in [0.5, 0.6) is 0 Å². The van der Waals surface area contributed by atoms with Gasteiger partial charge in [-0.15, -0.1) is 0 Å². The molecule has 0 radical (unpaired) electrons. The van der Waals surface area contributed by atoms with E-state index in [0.29, 0.717) is 5.41 Å². The largest absolute Gasteiger partial charge is 0.0654 e. The molecule has 0 bridgehead atoms. The molecule has 1 atom stereocenters. The Hall–Kier alpha value is -0.780. The van der Waals surface area contributed by atoms with Crippen molar-refractivity contribution >= 4 is 0 Å². The van der Waals surface area contributed by atoms with Crippen LogP contribution >= 0.6 is 0 Å². The Morgan fingerprint density at radius 3 is 2.52 bits per heavy atom. The van der Waals surface area contributed by atoms with Gasteiger partial charge in [0, 0.05) is 0 Å². The van der Waals surface area contributed by atoms with Crippen molar-refractivity contribution < 1.29 is 0 Å². The molecule has 140 valence electrons. The fourth-order valence-electron chi connectivity index (χ4n) is 5.62. The lowest BCUT2D eigenvalue weighted by atomic mass is 9.65. The van der Waals surface area contributed by atoms with Gasteiger partial charge in [0.2, 0.25) is 0 Å². The van der Waals surface area contributed by atoms with Crippen molar-refractivity contribution in [2.45, 2.75) is 116 Å². The number of rotatable bonds is 8. The summed E-state index contributed by atoms with van der Waals surface area (Å²) in [6.07, 6.45) is 21.2. The average Bonchev–Trinajstić information content (AvgIpc) is 2.66. The lowest BCUT2D eigenvalue weighted by Gasteiger charge is -2.39. The van der Waals surface area contributed by atoms with E-state index in [1.54, 1.807) is 16.7 Å². The highest BCUT2D eigenvalue weighted by molar-refractivity contribution is 5.38. The second-order valence-corrected chi connectivity index (χ2v) is 9.03. The molecule has 1 aromatic carbocycles. The zero-order valence-electron chi connectivity index (χ0n) is 16.9. The van der Waals surface area contributed by atoms with Crippen molar-refractivity contribution in [3.8, 4) is 0 Å². The first kappa shape index (κ1) is 19.0. The monoisotopic (exact) mass is 340 g/mol. The van der Waals surface area contributed by atoms with Crippen LogP contribution in [0.25, 0.3) is 0 Å². The topological polar surface area (TPSA) is 0 Å². The molecule has 0 aliphatic heterocycles. The van der Waals surface area contributed by atoms with Crippen molar-refractivity contribution in [1.29, 1.82) is 0 Å². The van der Waals surface area contributed by atoms with Gasteiger partial charge in [-0.2, -0.15) is 0 Å². The number of fused-ring (bicyclic) bond motifs is 1. The van der Waals surface area contributed by atoms with Crippen LogP contribution in [-0.4, -0.2) is 0 Å². The maximum Gasteiger partial charge on any atom is -0.00469 e. The van der Waals surface area contributed by atoms with Gasteiger partial charge >= 0.3 is 0 Å². The minimum absolute atomic E-state index is 0.515. The minimum Gasteiger partial charge on any atom is -0.0654 e. The molecule has 0 spiro atoms. The number of hydrogen-bond donors (Lipinski definition) is 0. The van der Waals surface area contributed by atoms with Crippen molar-refractivity contribution in [3.05, 3.63) is 34.9 Å². The van der Waals surface area contributed by atoms with Crippen molar-refractivity contribution in [2.24, 2.45) is 5.92 Å². The molecule has 1 saturated carbocycles. The number of benzene rings is 1. The molecule has 3 rings (SSSR count). The Labute approximate surface area is 156 Å². The van der Waals surface area contributed by atoms with Gasteiger partial charge < -0.3 is 0 Å². The molecule has 0 heteroatoms. The summed E-state index contributed by atoms with van der Waals surface area (Å²) in [6.45, 7) is 4.66. The molecular formula is C25H40. The Kier molecular flexibility index (Phi) is 7.02. The predicted molar refractivity (Wildman–Crippen MR) is 110 cm³/mol. The first-order chi connectivity index (χ1) is 12.3. The second kappa shape index (κ2) is 9.24. The number of unbranched alkanes of at least 4 members (excludes halogenated alkanes) is 3. The highest BCUT2D eigenvalue weighted by atomic mass is 14.4. The van der Waals surface area contributed by atoms with E-state index in [1.807, 2.05) is 0 Å². The van der Waals surface area contributed by atoms with Gasteiger partial charge in [0.05, 0.1) is 0 Å². The third-order valence-electron chi connectivity index (χ3n) is 7.17. The van der Waals surface area contributed by atoms with Crippen LogP contribution in [0.2, 0.25) is 0 Å². The standard InChI is InChI=1S/C25H40/c1-3-5-6-8-16-25(17-9-7-10-18-25)24-15-14-22-19-21(11-4-2)12-13-23(22)20-24/h14-15,20-21H,3-13,16-19H2,1-2H3. The van der Waals surface area contributed by atoms with Gasteiger partial charge in [-0.1, -0.05) is 89.8 Å². The van der Waals surface area contributed by atoms with Gasteiger partial charge in [0.15, 0.2) is 0 Å². The molecule has 0 saturated heterocycles. The summed E-state index contributed by atoms with van der Waals surface area (Å²) in [5, 5.41) is 0. The van der Waals surface area contributed by atoms with E-state index in [4.69, 9.17) is 0 Å². The molecule has 0 nitrogen and oxygen atoms in total. The summed E-state index contributed by atoms with van der Waals surface area (Å²) in [5.41, 5.74) is 5.59. The summed E-state index contributed by atoms with van der Waals surface area (Å²) in [5.74, 6) is 0.945. The van der Waals surface area contributed by atoms with E-state index < -0.39 is 0 Å². The molecule has 2 aliphatic rings. The van der Waals surface area contributed by atoms with Crippen molar-refractivity contribution in [3.63, 3.8) is 0 Å². The third-order valence-corrected chi connectivity index (χ3v) is 7.17. The van der Waals surface area contributed by atoms with E-state index >= 15 is 0 Å². The summed E-state index contributed by atoms with van der Waals surface area (Å²) in [4.78, 5) is 0. The highest BCUT2D eigenvalue weighted by Crippen LogP contribution is 2.44. The minimum atomic E-state index is 0.515. The molecule has 1 unspecified atom stereocenters. The maximum atomic E-state index is 2.66.